The summed E-state index contributed by atoms with van der Waals surface area (Å²) in [7, 11) is -4.26. The summed E-state index contributed by atoms with van der Waals surface area (Å²) in [4.78, 5) is 13.7. The number of hydrogen-bond donors (Lipinski definition) is 0. The predicted octanol–water partition coefficient (Wildman–Crippen LogP) is 4.02. The first-order chi connectivity index (χ1) is 13.8. The number of nitrogens with zero attached hydrogens (tertiary/aromatic N) is 2. The number of carbonyl (C=O) groups is 1. The van der Waals surface area contributed by atoms with Gasteiger partial charge in [0.1, 0.15) is 16.4 Å². The molecular weight excluding hydrogens is 445 g/mol. The van der Waals surface area contributed by atoms with E-state index >= 15 is 0 Å². The van der Waals surface area contributed by atoms with E-state index in [4.69, 9.17) is 16.0 Å². The van der Waals surface area contributed by atoms with Crippen LogP contribution in [-0.4, -0.2) is 49.7 Å². The van der Waals surface area contributed by atoms with Crippen molar-refractivity contribution >= 4 is 27.5 Å². The van der Waals surface area contributed by atoms with Crippen molar-refractivity contribution in [2.45, 2.75) is 31.8 Å². The van der Waals surface area contributed by atoms with Crippen LogP contribution in [0.4, 0.5) is 13.2 Å². The first-order valence-corrected chi connectivity index (χ1v) is 10.9. The van der Waals surface area contributed by atoms with Crippen LogP contribution in [0, 0.1) is 20.8 Å². The maximum absolute atomic E-state index is 13.0. The summed E-state index contributed by atoms with van der Waals surface area (Å²) in [5.74, 6) is 0.855. The fourth-order valence-electron chi connectivity index (χ4n) is 3.41. The van der Waals surface area contributed by atoms with E-state index in [1.807, 2.05) is 0 Å². The van der Waals surface area contributed by atoms with E-state index in [1.165, 1.54) is 4.90 Å². The average Bonchev–Trinajstić information content (AvgIpc) is 2.92. The van der Waals surface area contributed by atoms with Crippen molar-refractivity contribution in [2.75, 3.05) is 26.2 Å². The summed E-state index contributed by atoms with van der Waals surface area (Å²) in [6.45, 7) is 5.28. The van der Waals surface area contributed by atoms with Crippen LogP contribution in [0.3, 0.4) is 0 Å². The Morgan fingerprint density at radius 1 is 1.07 bits per heavy atom. The van der Waals surface area contributed by atoms with Gasteiger partial charge in [0.25, 0.3) is 5.91 Å². The molecule has 11 heteroatoms. The molecule has 6 nitrogen and oxygen atoms in total. The molecular formula is C19H20ClF3N2O4S. The summed E-state index contributed by atoms with van der Waals surface area (Å²) in [6.07, 6.45) is -4.70. The van der Waals surface area contributed by atoms with Crippen LogP contribution in [0.25, 0.3) is 0 Å². The van der Waals surface area contributed by atoms with Crippen molar-refractivity contribution in [2.24, 2.45) is 0 Å². The molecule has 0 unspecified atom stereocenters. The highest BCUT2D eigenvalue weighted by Gasteiger charge is 2.36. The largest absolute Gasteiger partial charge is 0.466 e. The van der Waals surface area contributed by atoms with Crippen LogP contribution in [0.5, 0.6) is 0 Å². The van der Waals surface area contributed by atoms with Gasteiger partial charge in [0.15, 0.2) is 0 Å². The van der Waals surface area contributed by atoms with Gasteiger partial charge in [0.2, 0.25) is 10.0 Å². The lowest BCUT2D eigenvalue weighted by Gasteiger charge is -2.34. The van der Waals surface area contributed by atoms with Crippen LogP contribution < -0.4 is 0 Å². The lowest BCUT2D eigenvalue weighted by atomic mass is 10.1. The van der Waals surface area contributed by atoms with Gasteiger partial charge in [0.05, 0.1) is 16.1 Å². The monoisotopic (exact) mass is 464 g/mol. The first-order valence-electron chi connectivity index (χ1n) is 9.06. The summed E-state index contributed by atoms with van der Waals surface area (Å²) >= 11 is 5.90. The Morgan fingerprint density at radius 3 is 2.17 bits per heavy atom. The molecule has 1 saturated heterocycles. The summed E-state index contributed by atoms with van der Waals surface area (Å²) in [5.41, 5.74) is 0.0774. The highest BCUT2D eigenvalue weighted by molar-refractivity contribution is 7.89. The van der Waals surface area contributed by atoms with Gasteiger partial charge in [-0.3, -0.25) is 4.79 Å². The quantitative estimate of drug-likeness (QED) is 0.687. The van der Waals surface area contributed by atoms with Crippen molar-refractivity contribution in [1.82, 2.24) is 9.21 Å². The average molecular weight is 465 g/mol. The molecule has 2 heterocycles. The topological polar surface area (TPSA) is 70.8 Å². The van der Waals surface area contributed by atoms with Crippen molar-refractivity contribution in [1.29, 1.82) is 0 Å². The number of sulfonamides is 1. The number of halogens is 4. The Labute approximate surface area is 177 Å². The summed E-state index contributed by atoms with van der Waals surface area (Å²) < 4.78 is 71.3. The highest BCUT2D eigenvalue weighted by atomic mass is 35.5. The second kappa shape index (κ2) is 7.90. The second-order valence-corrected chi connectivity index (χ2v) is 9.37. The van der Waals surface area contributed by atoms with E-state index in [0.717, 1.165) is 22.0 Å². The van der Waals surface area contributed by atoms with Crippen molar-refractivity contribution < 1.29 is 30.8 Å². The Hall–Kier alpha value is -2.04. The number of aryl methyl sites for hydroxylation is 2. The van der Waals surface area contributed by atoms with Gasteiger partial charge < -0.3 is 9.32 Å². The predicted molar refractivity (Wildman–Crippen MR) is 104 cm³/mol. The van der Waals surface area contributed by atoms with Crippen LogP contribution in [0.15, 0.2) is 27.5 Å². The molecule has 0 spiro atoms. The Balaban J connectivity index is 1.80. The number of rotatable bonds is 3. The minimum atomic E-state index is -4.70. The zero-order chi connectivity index (χ0) is 22.4. The SMILES string of the molecule is Cc1oc(C)c(C(=O)N2CCN(S(=O)(=O)c3cc(C(F)(F)F)ccc3Cl)CC2)c1C. The highest BCUT2D eigenvalue weighted by Crippen LogP contribution is 2.34. The van der Waals surface area contributed by atoms with Crippen LogP contribution in [0.2, 0.25) is 5.02 Å². The van der Waals surface area contributed by atoms with Crippen LogP contribution >= 0.6 is 11.6 Å². The molecule has 0 bridgehead atoms. The molecule has 0 atom stereocenters. The molecule has 1 aromatic carbocycles. The molecule has 3 rings (SSSR count). The number of alkyl halides is 3. The van der Waals surface area contributed by atoms with Gasteiger partial charge in [-0.2, -0.15) is 17.5 Å². The van der Waals surface area contributed by atoms with E-state index < -0.39 is 26.7 Å². The number of furan rings is 1. The molecule has 30 heavy (non-hydrogen) atoms. The molecule has 1 fully saturated rings. The molecule has 0 N–H and O–H groups in total. The zero-order valence-electron chi connectivity index (χ0n) is 16.5. The number of carbonyl (C=O) groups excluding carboxylic acids is 1. The summed E-state index contributed by atoms with van der Waals surface area (Å²) in [6, 6.07) is 2.19. The molecule has 1 aromatic heterocycles. The lowest BCUT2D eigenvalue weighted by molar-refractivity contribution is -0.137. The van der Waals surface area contributed by atoms with Gasteiger partial charge >= 0.3 is 6.18 Å². The molecule has 1 aliphatic heterocycles. The minimum Gasteiger partial charge on any atom is -0.466 e. The third-order valence-electron chi connectivity index (χ3n) is 5.18. The third kappa shape index (κ3) is 4.08. The maximum Gasteiger partial charge on any atom is 0.416 e. The fraction of sp³-hybridized carbons (Fsp3) is 0.421. The Morgan fingerprint density at radius 2 is 1.67 bits per heavy atom. The van der Waals surface area contributed by atoms with Crippen LogP contribution in [0.1, 0.15) is 33.0 Å². The third-order valence-corrected chi connectivity index (χ3v) is 7.56. The molecule has 1 amide bonds. The van der Waals surface area contributed by atoms with Crippen LogP contribution in [-0.2, 0) is 16.2 Å². The van der Waals surface area contributed by atoms with Crippen molar-refractivity contribution in [3.63, 3.8) is 0 Å². The zero-order valence-corrected chi connectivity index (χ0v) is 18.1. The van der Waals surface area contributed by atoms with E-state index in [2.05, 4.69) is 0 Å². The van der Waals surface area contributed by atoms with Gasteiger partial charge in [0, 0.05) is 31.7 Å². The van der Waals surface area contributed by atoms with Gasteiger partial charge in [-0.1, -0.05) is 11.6 Å². The molecule has 0 radical (unpaired) electrons. The standard InChI is InChI=1S/C19H20ClF3N2O4S/c1-11-12(2)29-13(3)17(11)18(26)24-6-8-25(9-7-24)30(27,28)16-10-14(19(21,22)23)4-5-15(16)20/h4-5,10H,6-9H2,1-3H3. The maximum atomic E-state index is 13.0. The fourth-order valence-corrected chi connectivity index (χ4v) is 5.34. The van der Waals surface area contributed by atoms with Gasteiger partial charge in [-0.05, 0) is 39.0 Å². The van der Waals surface area contributed by atoms with E-state index in [9.17, 15) is 26.4 Å². The molecule has 164 valence electrons. The van der Waals surface area contributed by atoms with Crippen molar-refractivity contribution in [3.05, 3.63) is 51.4 Å². The Bertz CT molecular complexity index is 1090. The number of amides is 1. The number of benzene rings is 1. The number of hydrogen-bond acceptors (Lipinski definition) is 4. The van der Waals surface area contributed by atoms with E-state index in [-0.39, 0.29) is 37.1 Å². The summed E-state index contributed by atoms with van der Waals surface area (Å²) in [5, 5.41) is -0.290. The van der Waals surface area contributed by atoms with Gasteiger partial charge in [-0.15, -0.1) is 0 Å². The minimum absolute atomic E-state index is 0.0599. The Kier molecular flexibility index (Phi) is 5.96. The smallest absolute Gasteiger partial charge is 0.416 e. The second-order valence-electron chi connectivity index (χ2n) is 7.05. The number of piperazine rings is 1. The molecule has 1 aliphatic rings. The normalized spacial score (nSPS) is 16.2. The molecule has 0 aliphatic carbocycles. The van der Waals surface area contributed by atoms with Crippen molar-refractivity contribution in [3.8, 4) is 0 Å². The van der Waals surface area contributed by atoms with E-state index in [1.54, 1.807) is 20.8 Å². The lowest BCUT2D eigenvalue weighted by Crippen LogP contribution is -2.50. The van der Waals surface area contributed by atoms with E-state index in [0.29, 0.717) is 23.2 Å². The molecule has 0 saturated carbocycles. The van der Waals surface area contributed by atoms with Gasteiger partial charge in [-0.25, -0.2) is 8.42 Å². The molecule has 2 aromatic rings. The first kappa shape index (κ1) is 22.6.